The van der Waals surface area contributed by atoms with E-state index in [-0.39, 0.29) is 0 Å². The molecular formula is C54H38Si. The largest absolute Gasteiger partial charge is 0.179 e. The summed E-state index contributed by atoms with van der Waals surface area (Å²) in [6.45, 7) is 0. The van der Waals surface area contributed by atoms with E-state index in [4.69, 9.17) is 0 Å². The molecule has 1 heteroatoms. The summed E-state index contributed by atoms with van der Waals surface area (Å²) in [5, 5.41) is 13.1. The predicted octanol–water partition coefficient (Wildman–Crippen LogP) is 11.5. The average molecular weight is 715 g/mol. The highest BCUT2D eigenvalue weighted by Crippen LogP contribution is 2.44. The van der Waals surface area contributed by atoms with Crippen LogP contribution in [0.4, 0.5) is 0 Å². The van der Waals surface area contributed by atoms with Gasteiger partial charge in [0.25, 0.3) is 0 Å². The van der Waals surface area contributed by atoms with Crippen LogP contribution in [-0.2, 0) is 0 Å². The van der Waals surface area contributed by atoms with E-state index in [0.717, 1.165) is 0 Å². The van der Waals surface area contributed by atoms with Crippen molar-refractivity contribution >= 4 is 61.1 Å². The van der Waals surface area contributed by atoms with Crippen molar-refractivity contribution in [3.05, 3.63) is 231 Å². The Morgan fingerprint density at radius 3 is 1.11 bits per heavy atom. The lowest BCUT2D eigenvalue weighted by Crippen LogP contribution is -2.74. The molecule has 0 aliphatic carbocycles. The zero-order chi connectivity index (χ0) is 36.6. The minimum Gasteiger partial charge on any atom is -0.0623 e. The van der Waals surface area contributed by atoms with Crippen molar-refractivity contribution < 1.29 is 0 Å². The lowest BCUT2D eigenvalue weighted by atomic mass is 9.85. The van der Waals surface area contributed by atoms with Gasteiger partial charge < -0.3 is 0 Å². The van der Waals surface area contributed by atoms with Crippen LogP contribution in [0.1, 0.15) is 0 Å². The topological polar surface area (TPSA) is 0 Å². The first kappa shape index (κ1) is 32.8. The van der Waals surface area contributed by atoms with Gasteiger partial charge in [0.05, 0.1) is 0 Å². The van der Waals surface area contributed by atoms with Crippen LogP contribution in [0.15, 0.2) is 231 Å². The standard InChI is InChI=1S/C54H38Si/c1-4-21-45(22-5-1)55(46-23-6-2-7-24-46,47-25-8-3-9-26-47)48-35-33-40(34-36-48)42-19-16-20-43(37-42)53-49-27-12-14-29-51(49)54(52-30-15-13-28-50(52)53)44-32-31-39-17-10-11-18-41(39)38-44/h1-38H. The van der Waals surface area contributed by atoms with E-state index in [9.17, 15) is 0 Å². The maximum Gasteiger partial charge on any atom is 0.179 e. The second kappa shape index (κ2) is 13.9. The average Bonchev–Trinajstić information content (AvgIpc) is 3.27. The van der Waals surface area contributed by atoms with Gasteiger partial charge in [0, 0.05) is 0 Å². The van der Waals surface area contributed by atoms with Crippen molar-refractivity contribution in [3.63, 3.8) is 0 Å². The Hall–Kier alpha value is -6.80. The molecule has 0 spiro atoms. The number of hydrogen-bond donors (Lipinski definition) is 0. The van der Waals surface area contributed by atoms with E-state index in [0.29, 0.717) is 0 Å². The molecule has 0 bridgehead atoms. The number of rotatable bonds is 7. The number of hydrogen-bond acceptors (Lipinski definition) is 0. The third-order valence-electron chi connectivity index (χ3n) is 11.4. The van der Waals surface area contributed by atoms with Crippen molar-refractivity contribution in [2.75, 3.05) is 0 Å². The molecule has 10 aromatic carbocycles. The van der Waals surface area contributed by atoms with Gasteiger partial charge in [-0.05, 0) is 98.6 Å². The highest BCUT2D eigenvalue weighted by molar-refractivity contribution is 7.19. The van der Waals surface area contributed by atoms with Gasteiger partial charge >= 0.3 is 0 Å². The molecule has 0 unspecified atom stereocenters. The van der Waals surface area contributed by atoms with Crippen LogP contribution in [0, 0.1) is 0 Å². The molecule has 0 aliphatic rings. The van der Waals surface area contributed by atoms with Crippen LogP contribution >= 0.6 is 0 Å². The molecule has 0 fully saturated rings. The Balaban J connectivity index is 1.13. The zero-order valence-corrected chi connectivity index (χ0v) is 31.4. The summed E-state index contributed by atoms with van der Waals surface area (Å²) in [4.78, 5) is 0. The molecule has 0 nitrogen and oxygen atoms in total. The zero-order valence-electron chi connectivity index (χ0n) is 30.4. The van der Waals surface area contributed by atoms with E-state index in [1.165, 1.54) is 86.4 Å². The molecule has 0 saturated heterocycles. The van der Waals surface area contributed by atoms with E-state index in [1.807, 2.05) is 0 Å². The van der Waals surface area contributed by atoms with Crippen molar-refractivity contribution in [2.24, 2.45) is 0 Å². The fourth-order valence-electron chi connectivity index (χ4n) is 8.93. The summed E-state index contributed by atoms with van der Waals surface area (Å²) in [5.74, 6) is 0. The normalized spacial score (nSPS) is 11.6. The van der Waals surface area contributed by atoms with Crippen LogP contribution in [0.5, 0.6) is 0 Å². The van der Waals surface area contributed by atoms with E-state index in [2.05, 4.69) is 231 Å². The minimum absolute atomic E-state index is 1.21. The van der Waals surface area contributed by atoms with Crippen molar-refractivity contribution in [2.45, 2.75) is 0 Å². The van der Waals surface area contributed by atoms with Gasteiger partial charge in [-0.2, -0.15) is 0 Å². The predicted molar refractivity (Wildman–Crippen MR) is 239 cm³/mol. The summed E-state index contributed by atoms with van der Waals surface area (Å²) in [7, 11) is -2.60. The number of fused-ring (bicyclic) bond motifs is 3. The Morgan fingerprint density at radius 2 is 0.600 bits per heavy atom. The first-order valence-electron chi connectivity index (χ1n) is 19.1. The monoisotopic (exact) mass is 714 g/mol. The summed E-state index contributed by atoms with van der Waals surface area (Å²) in [6, 6.07) is 85.4. The molecule has 10 aromatic rings. The fourth-order valence-corrected chi connectivity index (χ4v) is 13.7. The smallest absolute Gasteiger partial charge is 0.0623 e. The van der Waals surface area contributed by atoms with Crippen LogP contribution < -0.4 is 20.7 Å². The Labute approximate surface area is 323 Å². The fraction of sp³-hybridized carbons (Fsp3) is 0. The lowest BCUT2D eigenvalue weighted by molar-refractivity contribution is 1.61. The summed E-state index contributed by atoms with van der Waals surface area (Å²) < 4.78 is 0. The molecule has 0 heterocycles. The van der Waals surface area contributed by atoms with Gasteiger partial charge in [0.2, 0.25) is 0 Å². The highest BCUT2D eigenvalue weighted by Gasteiger charge is 2.41. The van der Waals surface area contributed by atoms with Gasteiger partial charge in [-0.25, -0.2) is 0 Å². The molecule has 55 heavy (non-hydrogen) atoms. The third kappa shape index (κ3) is 5.60. The Kier molecular flexibility index (Phi) is 8.28. The van der Waals surface area contributed by atoms with Crippen LogP contribution in [0.3, 0.4) is 0 Å². The lowest BCUT2D eigenvalue weighted by Gasteiger charge is -2.34. The second-order valence-corrected chi connectivity index (χ2v) is 18.2. The Bertz CT molecular complexity index is 2800. The molecule has 0 saturated carbocycles. The van der Waals surface area contributed by atoms with Crippen molar-refractivity contribution in [3.8, 4) is 33.4 Å². The SMILES string of the molecule is c1ccc([Si](c2ccccc2)(c2ccccc2)c2ccc(-c3cccc(-c4c5ccccc5c(-c5ccc6ccccc6c5)c5ccccc45)c3)cc2)cc1. The van der Waals surface area contributed by atoms with Crippen LogP contribution in [0.25, 0.3) is 65.7 Å². The van der Waals surface area contributed by atoms with E-state index >= 15 is 0 Å². The van der Waals surface area contributed by atoms with Crippen LogP contribution in [0.2, 0.25) is 0 Å². The van der Waals surface area contributed by atoms with Crippen LogP contribution in [-0.4, -0.2) is 8.07 Å². The molecule has 10 rings (SSSR count). The molecular weight excluding hydrogens is 677 g/mol. The van der Waals surface area contributed by atoms with Gasteiger partial charge in [-0.1, -0.05) is 218 Å². The summed E-state index contributed by atoms with van der Waals surface area (Å²) >= 11 is 0. The Morgan fingerprint density at radius 1 is 0.218 bits per heavy atom. The molecule has 0 atom stereocenters. The third-order valence-corrected chi connectivity index (χ3v) is 16.2. The van der Waals surface area contributed by atoms with E-state index in [1.54, 1.807) is 0 Å². The van der Waals surface area contributed by atoms with E-state index < -0.39 is 8.07 Å². The minimum atomic E-state index is -2.60. The van der Waals surface area contributed by atoms with Gasteiger partial charge in [0.1, 0.15) is 0 Å². The quantitative estimate of drug-likeness (QED) is 0.0876. The first-order valence-corrected chi connectivity index (χ1v) is 21.1. The molecule has 0 N–H and O–H groups in total. The second-order valence-electron chi connectivity index (χ2n) is 14.4. The van der Waals surface area contributed by atoms with Crippen molar-refractivity contribution in [1.29, 1.82) is 0 Å². The molecule has 258 valence electrons. The first-order chi connectivity index (χ1) is 27.3. The maximum atomic E-state index is 2.39. The van der Waals surface area contributed by atoms with Gasteiger partial charge in [0.15, 0.2) is 8.07 Å². The molecule has 0 aromatic heterocycles. The van der Waals surface area contributed by atoms with Crippen molar-refractivity contribution in [1.82, 2.24) is 0 Å². The molecule has 0 amide bonds. The summed E-state index contributed by atoms with van der Waals surface area (Å²) in [6.07, 6.45) is 0. The van der Waals surface area contributed by atoms with Gasteiger partial charge in [-0.15, -0.1) is 0 Å². The highest BCUT2D eigenvalue weighted by atomic mass is 28.3. The molecule has 0 aliphatic heterocycles. The van der Waals surface area contributed by atoms with Gasteiger partial charge in [-0.3, -0.25) is 0 Å². The maximum absolute atomic E-state index is 2.60. The molecule has 0 radical (unpaired) electrons. The number of benzene rings is 10. The summed E-state index contributed by atoms with van der Waals surface area (Å²) in [5.41, 5.74) is 7.45.